The van der Waals surface area contributed by atoms with Gasteiger partial charge in [-0.05, 0) is 50.2 Å². The van der Waals surface area contributed by atoms with E-state index < -0.39 is 7.14 Å². The Morgan fingerprint density at radius 2 is 1.53 bits per heavy atom. The first kappa shape index (κ1) is 20.9. The van der Waals surface area contributed by atoms with Crippen LogP contribution in [0, 0.1) is 0 Å². The van der Waals surface area contributed by atoms with E-state index in [-0.39, 0.29) is 0 Å². The molecule has 0 spiro atoms. The van der Waals surface area contributed by atoms with Gasteiger partial charge in [-0.1, -0.05) is 36.4 Å². The second-order valence-corrected chi connectivity index (χ2v) is 12.0. The normalized spacial score (nSPS) is 15.4. The lowest BCUT2D eigenvalue weighted by atomic mass is 10.1. The SMILES string of the molecule is CN1CCN(c2ccccc2-c2nc3c(-c4ccc(P(C)(C)=O)cc4)cccn3n2)CC1. The van der Waals surface area contributed by atoms with Crippen molar-refractivity contribution in [3.05, 3.63) is 66.9 Å². The van der Waals surface area contributed by atoms with Gasteiger partial charge in [-0.15, -0.1) is 5.10 Å². The van der Waals surface area contributed by atoms with Gasteiger partial charge in [0, 0.05) is 54.5 Å². The zero-order chi connectivity index (χ0) is 22.3. The van der Waals surface area contributed by atoms with Gasteiger partial charge in [0.25, 0.3) is 0 Å². The number of nitrogens with zero attached hydrogens (tertiary/aromatic N) is 5. The third kappa shape index (κ3) is 3.96. The molecule has 5 rings (SSSR count). The van der Waals surface area contributed by atoms with Crippen molar-refractivity contribution in [3.63, 3.8) is 0 Å². The molecule has 0 radical (unpaired) electrons. The van der Waals surface area contributed by atoms with Gasteiger partial charge >= 0.3 is 0 Å². The van der Waals surface area contributed by atoms with Crippen molar-refractivity contribution >= 4 is 23.8 Å². The molecule has 7 heteroatoms. The lowest BCUT2D eigenvalue weighted by Crippen LogP contribution is -2.44. The van der Waals surface area contributed by atoms with E-state index in [0.29, 0.717) is 0 Å². The van der Waals surface area contributed by atoms with Gasteiger partial charge in [0.2, 0.25) is 0 Å². The Bertz CT molecular complexity index is 1300. The van der Waals surface area contributed by atoms with Crippen LogP contribution in [0.4, 0.5) is 5.69 Å². The monoisotopic (exact) mass is 445 g/mol. The molecule has 1 aliphatic rings. The summed E-state index contributed by atoms with van der Waals surface area (Å²) in [6.45, 7) is 7.69. The van der Waals surface area contributed by atoms with Crippen molar-refractivity contribution < 1.29 is 4.57 Å². The molecule has 0 amide bonds. The average molecular weight is 446 g/mol. The van der Waals surface area contributed by atoms with Crippen LogP contribution < -0.4 is 10.2 Å². The number of benzene rings is 2. The molecule has 164 valence electrons. The van der Waals surface area contributed by atoms with Crippen LogP contribution in [0.15, 0.2) is 66.9 Å². The predicted octanol–water partition coefficient (Wildman–Crippen LogP) is 4.06. The number of piperazine rings is 1. The number of pyridine rings is 1. The standard InChI is InChI=1S/C25H28N5OP/c1-28-15-17-29(18-16-28)23-9-5-4-7-22(23)24-26-25-21(8-6-14-30(25)27-24)19-10-12-20(13-11-19)32(2,3)31/h4-14H,15-18H2,1-3H3. The molecule has 0 atom stereocenters. The Morgan fingerprint density at radius 3 is 2.25 bits per heavy atom. The maximum absolute atomic E-state index is 12.4. The first-order chi connectivity index (χ1) is 15.4. The van der Waals surface area contributed by atoms with Gasteiger partial charge in [-0.2, -0.15) is 0 Å². The third-order valence-corrected chi connectivity index (χ3v) is 7.69. The first-order valence-electron chi connectivity index (χ1n) is 10.9. The highest BCUT2D eigenvalue weighted by molar-refractivity contribution is 7.70. The number of hydrogen-bond acceptors (Lipinski definition) is 5. The van der Waals surface area contributed by atoms with E-state index in [1.807, 2.05) is 47.1 Å². The van der Waals surface area contributed by atoms with Crippen molar-refractivity contribution in [1.29, 1.82) is 0 Å². The fraction of sp³-hybridized carbons (Fsp3) is 0.280. The number of para-hydroxylation sites is 1. The number of likely N-dealkylation sites (N-methyl/N-ethyl adjacent to an activating group) is 1. The van der Waals surface area contributed by atoms with E-state index in [1.165, 1.54) is 5.69 Å². The molecule has 6 nitrogen and oxygen atoms in total. The number of rotatable bonds is 4. The molecule has 0 bridgehead atoms. The van der Waals surface area contributed by atoms with Crippen LogP contribution in [0.5, 0.6) is 0 Å². The summed E-state index contributed by atoms with van der Waals surface area (Å²) >= 11 is 0. The minimum atomic E-state index is -2.28. The Kier molecular flexibility index (Phi) is 5.36. The summed E-state index contributed by atoms with van der Waals surface area (Å²) in [5.74, 6) is 0.732. The first-order valence-corrected chi connectivity index (χ1v) is 13.5. The molecule has 3 heterocycles. The summed E-state index contributed by atoms with van der Waals surface area (Å²) in [4.78, 5) is 9.74. The fourth-order valence-corrected chi connectivity index (χ4v) is 5.10. The van der Waals surface area contributed by atoms with Gasteiger partial charge < -0.3 is 14.4 Å². The molecular formula is C25H28N5OP. The van der Waals surface area contributed by atoms with Crippen molar-refractivity contribution in [2.24, 2.45) is 0 Å². The van der Waals surface area contributed by atoms with Gasteiger partial charge in [0.15, 0.2) is 11.5 Å². The summed E-state index contributed by atoms with van der Waals surface area (Å²) in [6.07, 6.45) is 1.94. The van der Waals surface area contributed by atoms with Crippen molar-refractivity contribution in [2.75, 3.05) is 51.5 Å². The van der Waals surface area contributed by atoms with E-state index in [4.69, 9.17) is 10.1 Å². The lowest BCUT2D eigenvalue weighted by Gasteiger charge is -2.34. The summed E-state index contributed by atoms with van der Waals surface area (Å²) in [6, 6.07) is 20.4. The molecule has 1 aliphatic heterocycles. The number of aromatic nitrogens is 3. The van der Waals surface area contributed by atoms with Crippen LogP contribution in [-0.4, -0.2) is 66.1 Å². The van der Waals surface area contributed by atoms with Gasteiger partial charge in [-0.25, -0.2) is 9.50 Å². The van der Waals surface area contributed by atoms with Gasteiger partial charge in [-0.3, -0.25) is 0 Å². The van der Waals surface area contributed by atoms with E-state index in [2.05, 4.69) is 41.1 Å². The van der Waals surface area contributed by atoms with E-state index in [0.717, 1.165) is 59.6 Å². The largest absolute Gasteiger partial charge is 0.368 e. The average Bonchev–Trinajstić information content (AvgIpc) is 3.23. The minimum Gasteiger partial charge on any atom is -0.368 e. The molecule has 0 saturated carbocycles. The van der Waals surface area contributed by atoms with Gasteiger partial charge in [0.1, 0.15) is 7.14 Å². The summed E-state index contributed by atoms with van der Waals surface area (Å²) < 4.78 is 14.2. The molecule has 2 aromatic carbocycles. The zero-order valence-corrected chi connectivity index (χ0v) is 19.7. The van der Waals surface area contributed by atoms with Crippen LogP contribution >= 0.6 is 7.14 Å². The Labute approximate surface area is 188 Å². The highest BCUT2D eigenvalue weighted by Crippen LogP contribution is 2.36. The van der Waals surface area contributed by atoms with Crippen LogP contribution in [-0.2, 0) is 4.57 Å². The predicted molar refractivity (Wildman–Crippen MR) is 133 cm³/mol. The highest BCUT2D eigenvalue weighted by atomic mass is 31.2. The minimum absolute atomic E-state index is 0.732. The van der Waals surface area contributed by atoms with Gasteiger partial charge in [0.05, 0.1) is 0 Å². The molecule has 1 fully saturated rings. The maximum Gasteiger partial charge on any atom is 0.184 e. The molecule has 4 aromatic rings. The third-order valence-electron chi connectivity index (χ3n) is 6.15. The highest BCUT2D eigenvalue weighted by Gasteiger charge is 2.20. The molecule has 32 heavy (non-hydrogen) atoms. The van der Waals surface area contributed by atoms with E-state index >= 15 is 0 Å². The molecule has 0 aliphatic carbocycles. The Hall–Kier alpha value is -2.95. The molecule has 0 N–H and O–H groups in total. The Balaban J connectivity index is 1.56. The van der Waals surface area contributed by atoms with Crippen LogP contribution in [0.3, 0.4) is 0 Å². The van der Waals surface area contributed by atoms with Crippen molar-refractivity contribution in [2.45, 2.75) is 0 Å². The quantitative estimate of drug-likeness (QED) is 0.444. The Morgan fingerprint density at radius 1 is 0.844 bits per heavy atom. The van der Waals surface area contributed by atoms with Crippen molar-refractivity contribution in [1.82, 2.24) is 19.5 Å². The smallest absolute Gasteiger partial charge is 0.184 e. The number of hydrogen-bond donors (Lipinski definition) is 0. The van der Waals surface area contributed by atoms with Crippen LogP contribution in [0.25, 0.3) is 28.2 Å². The summed E-state index contributed by atoms with van der Waals surface area (Å²) in [5, 5.41) is 5.71. The summed E-state index contributed by atoms with van der Waals surface area (Å²) in [5.41, 5.74) is 5.11. The molecule has 2 aromatic heterocycles. The van der Waals surface area contributed by atoms with E-state index in [1.54, 1.807) is 13.3 Å². The molecular weight excluding hydrogens is 417 g/mol. The fourth-order valence-electron chi connectivity index (χ4n) is 4.23. The second kappa shape index (κ2) is 8.19. The number of fused-ring (bicyclic) bond motifs is 1. The molecule has 1 saturated heterocycles. The van der Waals surface area contributed by atoms with Crippen LogP contribution in [0.1, 0.15) is 0 Å². The number of anilines is 1. The zero-order valence-electron chi connectivity index (χ0n) is 18.8. The topological polar surface area (TPSA) is 53.7 Å². The van der Waals surface area contributed by atoms with Crippen LogP contribution in [0.2, 0.25) is 0 Å². The van der Waals surface area contributed by atoms with E-state index in [9.17, 15) is 4.57 Å². The second-order valence-electron chi connectivity index (χ2n) is 8.83. The molecule has 0 unspecified atom stereocenters. The lowest BCUT2D eigenvalue weighted by molar-refractivity contribution is 0.313. The maximum atomic E-state index is 12.4. The van der Waals surface area contributed by atoms with Crippen molar-refractivity contribution in [3.8, 4) is 22.5 Å². The summed E-state index contributed by atoms with van der Waals surface area (Å²) in [7, 11) is -0.110.